The van der Waals surface area contributed by atoms with Gasteiger partial charge in [0.1, 0.15) is 5.82 Å². The zero-order valence-corrected chi connectivity index (χ0v) is 13.9. The molecule has 0 unspecified atom stereocenters. The number of hydrogen-bond acceptors (Lipinski definition) is 5. The lowest BCUT2D eigenvalue weighted by atomic mass is 10.1. The molecule has 0 atom stereocenters. The molecule has 2 aromatic rings. The van der Waals surface area contributed by atoms with E-state index in [1.807, 2.05) is 36.7 Å². The van der Waals surface area contributed by atoms with Crippen LogP contribution in [0.4, 0.5) is 5.82 Å². The van der Waals surface area contributed by atoms with Crippen molar-refractivity contribution in [2.24, 2.45) is 5.73 Å². The fraction of sp³-hybridized carbons (Fsp3) is 0.444. The van der Waals surface area contributed by atoms with E-state index in [2.05, 4.69) is 33.6 Å². The van der Waals surface area contributed by atoms with Crippen molar-refractivity contribution in [3.63, 3.8) is 0 Å². The molecule has 23 heavy (non-hydrogen) atoms. The Balaban J connectivity index is 1.67. The van der Waals surface area contributed by atoms with Gasteiger partial charge in [-0.2, -0.15) is 0 Å². The highest BCUT2D eigenvalue weighted by Crippen LogP contribution is 2.19. The van der Waals surface area contributed by atoms with Crippen LogP contribution >= 0.6 is 0 Å². The summed E-state index contributed by atoms with van der Waals surface area (Å²) in [6.07, 6.45) is 3.75. The van der Waals surface area contributed by atoms with Gasteiger partial charge in [0.15, 0.2) is 0 Å². The van der Waals surface area contributed by atoms with Crippen LogP contribution in [0.1, 0.15) is 19.4 Å². The van der Waals surface area contributed by atoms with Crippen LogP contribution in [0, 0.1) is 0 Å². The fourth-order valence-electron chi connectivity index (χ4n) is 2.91. The summed E-state index contributed by atoms with van der Waals surface area (Å²) in [7, 11) is 0. The molecule has 1 aliphatic heterocycles. The van der Waals surface area contributed by atoms with Crippen LogP contribution in [0.3, 0.4) is 0 Å². The van der Waals surface area contributed by atoms with Gasteiger partial charge in [-0.25, -0.2) is 4.98 Å². The first-order chi connectivity index (χ1) is 11.2. The second-order valence-electron chi connectivity index (χ2n) is 6.28. The van der Waals surface area contributed by atoms with Gasteiger partial charge >= 0.3 is 0 Å². The molecule has 0 spiro atoms. The van der Waals surface area contributed by atoms with Gasteiger partial charge in [0.2, 0.25) is 0 Å². The van der Waals surface area contributed by atoms with Crippen molar-refractivity contribution in [1.82, 2.24) is 14.9 Å². The molecule has 5 heteroatoms. The Morgan fingerprint density at radius 2 is 1.70 bits per heavy atom. The maximum Gasteiger partial charge on any atom is 0.147 e. The lowest BCUT2D eigenvalue weighted by Gasteiger charge is -2.37. The Kier molecular flexibility index (Phi) is 4.88. The van der Waals surface area contributed by atoms with E-state index in [0.717, 1.165) is 48.8 Å². The summed E-state index contributed by atoms with van der Waals surface area (Å²) in [6.45, 7) is 9.26. The van der Waals surface area contributed by atoms with Crippen LogP contribution in [0.15, 0.2) is 36.7 Å². The monoisotopic (exact) mass is 311 g/mol. The molecular formula is C18H25N5. The number of nitrogens with two attached hydrogens (primary N) is 1. The first-order valence-corrected chi connectivity index (χ1v) is 8.28. The molecule has 0 amide bonds. The number of anilines is 1. The highest BCUT2D eigenvalue weighted by Gasteiger charge is 2.19. The van der Waals surface area contributed by atoms with E-state index >= 15 is 0 Å². The Morgan fingerprint density at radius 1 is 1.00 bits per heavy atom. The zero-order valence-electron chi connectivity index (χ0n) is 13.9. The zero-order chi connectivity index (χ0) is 16.2. The lowest BCUT2D eigenvalue weighted by molar-refractivity contribution is 0.209. The summed E-state index contributed by atoms with van der Waals surface area (Å²) in [5.74, 6) is 0.968. The first kappa shape index (κ1) is 15.9. The number of aromatic nitrogens is 2. The van der Waals surface area contributed by atoms with Gasteiger partial charge in [0.25, 0.3) is 0 Å². The highest BCUT2D eigenvalue weighted by molar-refractivity contribution is 5.59. The van der Waals surface area contributed by atoms with Crippen LogP contribution in [0.5, 0.6) is 0 Å². The second kappa shape index (κ2) is 7.06. The Bertz CT molecular complexity index is 613. The van der Waals surface area contributed by atoms with Gasteiger partial charge in [0, 0.05) is 44.3 Å². The molecular weight excluding hydrogens is 286 g/mol. The van der Waals surface area contributed by atoms with Gasteiger partial charge in [-0.1, -0.05) is 24.3 Å². The van der Waals surface area contributed by atoms with Crippen LogP contribution in [-0.4, -0.2) is 47.1 Å². The first-order valence-electron chi connectivity index (χ1n) is 8.28. The molecule has 0 bridgehead atoms. The van der Waals surface area contributed by atoms with Crippen molar-refractivity contribution in [2.45, 2.75) is 26.4 Å². The average molecular weight is 311 g/mol. The van der Waals surface area contributed by atoms with Crippen molar-refractivity contribution < 1.29 is 0 Å². The number of nitrogens with zero attached hydrogens (tertiary/aromatic N) is 4. The molecule has 1 saturated heterocycles. The molecule has 0 saturated carbocycles. The SMILES string of the molecule is CC(C)N1CCN(c2cnc(-c3ccc(CN)cc3)cn2)CC1. The van der Waals surface area contributed by atoms with Crippen molar-refractivity contribution >= 4 is 5.82 Å². The van der Waals surface area contributed by atoms with Crippen LogP contribution in [0.25, 0.3) is 11.3 Å². The molecule has 5 nitrogen and oxygen atoms in total. The predicted molar refractivity (Wildman–Crippen MR) is 94.3 cm³/mol. The average Bonchev–Trinajstić information content (AvgIpc) is 2.62. The lowest BCUT2D eigenvalue weighted by Crippen LogP contribution is -2.49. The van der Waals surface area contributed by atoms with Gasteiger partial charge in [-0.15, -0.1) is 0 Å². The summed E-state index contributed by atoms with van der Waals surface area (Å²) in [5.41, 5.74) is 8.73. The molecule has 122 valence electrons. The third kappa shape index (κ3) is 3.68. The van der Waals surface area contributed by atoms with Crippen LogP contribution in [-0.2, 0) is 6.54 Å². The van der Waals surface area contributed by atoms with Crippen LogP contribution in [0.2, 0.25) is 0 Å². The highest BCUT2D eigenvalue weighted by atomic mass is 15.3. The molecule has 0 aliphatic carbocycles. The quantitative estimate of drug-likeness (QED) is 0.937. The van der Waals surface area contributed by atoms with Gasteiger partial charge in [-0.3, -0.25) is 9.88 Å². The summed E-state index contributed by atoms with van der Waals surface area (Å²) < 4.78 is 0. The van der Waals surface area contributed by atoms with E-state index < -0.39 is 0 Å². The molecule has 2 N–H and O–H groups in total. The maximum atomic E-state index is 5.63. The summed E-state index contributed by atoms with van der Waals surface area (Å²) in [5, 5.41) is 0. The smallest absolute Gasteiger partial charge is 0.147 e. The standard InChI is InChI=1S/C18H25N5/c1-14(2)22-7-9-23(10-8-22)18-13-20-17(12-21-18)16-5-3-15(11-19)4-6-16/h3-6,12-14H,7-11,19H2,1-2H3. The Hall–Kier alpha value is -1.98. The molecule has 1 aliphatic rings. The van der Waals surface area contributed by atoms with Gasteiger partial charge < -0.3 is 10.6 Å². The number of hydrogen-bond donors (Lipinski definition) is 1. The molecule has 3 rings (SSSR count). The minimum Gasteiger partial charge on any atom is -0.353 e. The second-order valence-corrected chi connectivity index (χ2v) is 6.28. The molecule has 0 radical (unpaired) electrons. The number of benzene rings is 1. The van der Waals surface area contributed by atoms with Gasteiger partial charge in [-0.05, 0) is 19.4 Å². The third-order valence-corrected chi connectivity index (χ3v) is 4.49. The van der Waals surface area contributed by atoms with Crippen molar-refractivity contribution in [3.05, 3.63) is 42.2 Å². The minimum atomic E-state index is 0.563. The molecule has 2 heterocycles. The van der Waals surface area contributed by atoms with Crippen molar-refractivity contribution in [2.75, 3.05) is 31.1 Å². The van der Waals surface area contributed by atoms with Gasteiger partial charge in [0.05, 0.1) is 18.1 Å². The number of piperazine rings is 1. The Morgan fingerprint density at radius 3 is 2.22 bits per heavy atom. The topological polar surface area (TPSA) is 58.3 Å². The van der Waals surface area contributed by atoms with E-state index in [1.165, 1.54) is 0 Å². The van der Waals surface area contributed by atoms with E-state index in [1.54, 1.807) is 0 Å². The maximum absolute atomic E-state index is 5.63. The van der Waals surface area contributed by atoms with E-state index in [-0.39, 0.29) is 0 Å². The van der Waals surface area contributed by atoms with E-state index in [4.69, 9.17) is 5.73 Å². The fourth-order valence-corrected chi connectivity index (χ4v) is 2.91. The predicted octanol–water partition coefficient (Wildman–Crippen LogP) is 2.13. The third-order valence-electron chi connectivity index (χ3n) is 4.49. The summed E-state index contributed by atoms with van der Waals surface area (Å²) in [6, 6.07) is 8.79. The normalized spacial score (nSPS) is 16.1. The molecule has 1 aromatic carbocycles. The van der Waals surface area contributed by atoms with E-state index in [0.29, 0.717) is 12.6 Å². The summed E-state index contributed by atoms with van der Waals surface area (Å²) >= 11 is 0. The largest absolute Gasteiger partial charge is 0.353 e. The van der Waals surface area contributed by atoms with Crippen LogP contribution < -0.4 is 10.6 Å². The summed E-state index contributed by atoms with van der Waals surface area (Å²) in [4.78, 5) is 14.0. The number of rotatable bonds is 4. The Labute approximate surface area is 138 Å². The minimum absolute atomic E-state index is 0.563. The van der Waals surface area contributed by atoms with Crippen molar-refractivity contribution in [3.8, 4) is 11.3 Å². The van der Waals surface area contributed by atoms with E-state index in [9.17, 15) is 0 Å². The molecule has 1 aromatic heterocycles. The van der Waals surface area contributed by atoms with Crippen molar-refractivity contribution in [1.29, 1.82) is 0 Å². The molecule has 1 fully saturated rings.